The highest BCUT2D eigenvalue weighted by atomic mass is 35.5. The van der Waals surface area contributed by atoms with Gasteiger partial charge in [-0.15, -0.1) is 0 Å². The van der Waals surface area contributed by atoms with Crippen molar-refractivity contribution in [3.05, 3.63) is 47.2 Å². The number of carbonyl (C=O) groups is 1. The van der Waals surface area contributed by atoms with Crippen molar-refractivity contribution in [3.63, 3.8) is 0 Å². The van der Waals surface area contributed by atoms with Crippen molar-refractivity contribution in [2.45, 2.75) is 6.92 Å². The van der Waals surface area contributed by atoms with Crippen LogP contribution in [0.25, 0.3) is 5.69 Å². The van der Waals surface area contributed by atoms with Crippen LogP contribution in [0.4, 0.5) is 0 Å². The van der Waals surface area contributed by atoms with Crippen LogP contribution in [-0.2, 0) is 4.74 Å². The van der Waals surface area contributed by atoms with E-state index in [1.807, 2.05) is 12.1 Å². The summed E-state index contributed by atoms with van der Waals surface area (Å²) < 4.78 is 6.54. The minimum atomic E-state index is -0.592. The van der Waals surface area contributed by atoms with Crippen LogP contribution >= 0.6 is 11.6 Å². The molecule has 1 aromatic carbocycles. The standard InChI is InChI=1S/C13H12ClNO3/c1-2-18-13(17)10-7-9(14)8-11(12(10)16)15-5-3-4-6-15/h3-8,16H,2H2,1H3. The van der Waals surface area contributed by atoms with Crippen LogP contribution in [-0.4, -0.2) is 22.2 Å². The number of aromatic hydroxyl groups is 1. The number of nitrogens with zero attached hydrogens (tertiary/aromatic N) is 1. The molecule has 18 heavy (non-hydrogen) atoms. The number of esters is 1. The summed E-state index contributed by atoms with van der Waals surface area (Å²) in [6, 6.07) is 6.59. The van der Waals surface area contributed by atoms with Gasteiger partial charge in [0.1, 0.15) is 5.56 Å². The molecule has 0 saturated heterocycles. The molecule has 1 aromatic heterocycles. The topological polar surface area (TPSA) is 51.5 Å². The molecular weight excluding hydrogens is 254 g/mol. The summed E-state index contributed by atoms with van der Waals surface area (Å²) in [7, 11) is 0. The van der Waals surface area contributed by atoms with Gasteiger partial charge in [-0.1, -0.05) is 11.6 Å². The summed E-state index contributed by atoms with van der Waals surface area (Å²) in [5, 5.41) is 10.5. The molecule has 2 aromatic rings. The maximum Gasteiger partial charge on any atom is 0.342 e. The molecule has 4 nitrogen and oxygen atoms in total. The summed E-state index contributed by atoms with van der Waals surface area (Å²) in [6.07, 6.45) is 3.50. The first kappa shape index (κ1) is 12.5. The van der Waals surface area contributed by atoms with E-state index >= 15 is 0 Å². The summed E-state index contributed by atoms with van der Waals surface area (Å²) in [5.41, 5.74) is 0.503. The number of hydrogen-bond acceptors (Lipinski definition) is 3. The second kappa shape index (κ2) is 5.14. The van der Waals surface area contributed by atoms with Gasteiger partial charge in [0.2, 0.25) is 0 Å². The normalized spacial score (nSPS) is 10.3. The van der Waals surface area contributed by atoms with Gasteiger partial charge in [0.05, 0.1) is 12.3 Å². The molecule has 0 saturated carbocycles. The van der Waals surface area contributed by atoms with E-state index in [1.54, 1.807) is 30.0 Å². The van der Waals surface area contributed by atoms with Gasteiger partial charge in [-0.25, -0.2) is 4.79 Å². The Balaban J connectivity index is 2.53. The predicted octanol–water partition coefficient (Wildman–Crippen LogP) is 3.01. The fourth-order valence-corrected chi connectivity index (χ4v) is 1.85. The smallest absolute Gasteiger partial charge is 0.342 e. The Morgan fingerprint density at radius 2 is 2.06 bits per heavy atom. The average molecular weight is 266 g/mol. The maximum absolute atomic E-state index is 11.7. The van der Waals surface area contributed by atoms with E-state index in [0.717, 1.165) is 0 Å². The number of rotatable bonds is 3. The van der Waals surface area contributed by atoms with Crippen LogP contribution in [0.15, 0.2) is 36.7 Å². The zero-order valence-corrected chi connectivity index (χ0v) is 10.5. The van der Waals surface area contributed by atoms with Gasteiger partial charge in [-0.3, -0.25) is 0 Å². The van der Waals surface area contributed by atoms with Gasteiger partial charge in [-0.2, -0.15) is 0 Å². The van der Waals surface area contributed by atoms with Crippen molar-refractivity contribution in [1.29, 1.82) is 0 Å². The molecule has 0 atom stereocenters. The Morgan fingerprint density at radius 1 is 1.39 bits per heavy atom. The van der Waals surface area contributed by atoms with E-state index in [-0.39, 0.29) is 17.9 Å². The SMILES string of the molecule is CCOC(=O)c1cc(Cl)cc(-n2cccc2)c1O. The number of hydrogen-bond donors (Lipinski definition) is 1. The Hall–Kier alpha value is -1.94. The molecule has 0 aliphatic carbocycles. The molecule has 0 aliphatic rings. The molecule has 0 radical (unpaired) electrons. The van der Waals surface area contributed by atoms with Gasteiger partial charge in [0.15, 0.2) is 5.75 Å². The van der Waals surface area contributed by atoms with Crippen LogP contribution < -0.4 is 0 Å². The molecule has 0 amide bonds. The lowest BCUT2D eigenvalue weighted by molar-refractivity contribution is 0.0523. The van der Waals surface area contributed by atoms with Gasteiger partial charge in [0.25, 0.3) is 0 Å². The van der Waals surface area contributed by atoms with Crippen LogP contribution in [0.1, 0.15) is 17.3 Å². The van der Waals surface area contributed by atoms with Crippen LogP contribution in [0, 0.1) is 0 Å². The van der Waals surface area contributed by atoms with Crippen molar-refractivity contribution in [2.24, 2.45) is 0 Å². The van der Waals surface area contributed by atoms with E-state index in [0.29, 0.717) is 10.7 Å². The summed E-state index contributed by atoms with van der Waals surface area (Å²) in [6.45, 7) is 1.94. The molecular formula is C13H12ClNO3. The van der Waals surface area contributed by atoms with E-state index < -0.39 is 5.97 Å². The molecule has 5 heteroatoms. The molecule has 0 aliphatic heterocycles. The highest BCUT2D eigenvalue weighted by Crippen LogP contribution is 2.30. The molecule has 2 rings (SSSR count). The molecule has 0 fully saturated rings. The van der Waals surface area contributed by atoms with Crippen molar-refractivity contribution in [2.75, 3.05) is 6.61 Å². The van der Waals surface area contributed by atoms with Crippen molar-refractivity contribution in [3.8, 4) is 11.4 Å². The lowest BCUT2D eigenvalue weighted by atomic mass is 10.1. The molecule has 1 N–H and O–H groups in total. The van der Waals surface area contributed by atoms with E-state index in [1.165, 1.54) is 6.07 Å². The van der Waals surface area contributed by atoms with Gasteiger partial charge < -0.3 is 14.4 Å². The summed E-state index contributed by atoms with van der Waals surface area (Å²) in [5.74, 6) is -0.736. The molecule has 0 unspecified atom stereocenters. The lowest BCUT2D eigenvalue weighted by Crippen LogP contribution is -2.06. The fourth-order valence-electron chi connectivity index (χ4n) is 1.64. The first-order valence-electron chi connectivity index (χ1n) is 5.46. The number of phenols is 1. The molecule has 0 spiro atoms. The number of benzene rings is 1. The van der Waals surface area contributed by atoms with E-state index in [9.17, 15) is 9.90 Å². The Bertz CT molecular complexity index is 564. The first-order valence-corrected chi connectivity index (χ1v) is 5.84. The number of phenolic OH excluding ortho intramolecular Hbond substituents is 1. The monoisotopic (exact) mass is 265 g/mol. The van der Waals surface area contributed by atoms with Crippen LogP contribution in [0.3, 0.4) is 0 Å². The second-order valence-electron chi connectivity index (χ2n) is 3.63. The largest absolute Gasteiger partial charge is 0.505 e. The third kappa shape index (κ3) is 2.33. The Morgan fingerprint density at radius 3 is 2.67 bits per heavy atom. The maximum atomic E-state index is 11.7. The van der Waals surface area contributed by atoms with Crippen LogP contribution in [0.2, 0.25) is 5.02 Å². The zero-order chi connectivity index (χ0) is 13.1. The predicted molar refractivity (Wildman–Crippen MR) is 68.4 cm³/mol. The Labute approximate surface area is 109 Å². The van der Waals surface area contributed by atoms with Gasteiger partial charge >= 0.3 is 5.97 Å². The highest BCUT2D eigenvalue weighted by Gasteiger charge is 2.17. The Kier molecular flexibility index (Phi) is 3.58. The number of aromatic nitrogens is 1. The van der Waals surface area contributed by atoms with E-state index in [4.69, 9.17) is 16.3 Å². The molecule has 94 valence electrons. The minimum Gasteiger partial charge on any atom is -0.505 e. The van der Waals surface area contributed by atoms with Crippen molar-refractivity contribution < 1.29 is 14.6 Å². The number of carbonyl (C=O) groups excluding carboxylic acids is 1. The minimum absolute atomic E-state index is 0.0630. The second-order valence-corrected chi connectivity index (χ2v) is 4.07. The highest BCUT2D eigenvalue weighted by molar-refractivity contribution is 6.31. The third-order valence-electron chi connectivity index (χ3n) is 2.43. The van der Waals surface area contributed by atoms with Gasteiger partial charge in [0, 0.05) is 17.4 Å². The van der Waals surface area contributed by atoms with Crippen LogP contribution in [0.5, 0.6) is 5.75 Å². The summed E-state index contributed by atoms with van der Waals surface area (Å²) in [4.78, 5) is 11.7. The fraction of sp³-hybridized carbons (Fsp3) is 0.154. The molecule has 0 bridgehead atoms. The van der Waals surface area contributed by atoms with Crippen molar-refractivity contribution >= 4 is 17.6 Å². The third-order valence-corrected chi connectivity index (χ3v) is 2.65. The molecule has 1 heterocycles. The first-order chi connectivity index (χ1) is 8.63. The lowest BCUT2D eigenvalue weighted by Gasteiger charge is -2.11. The zero-order valence-electron chi connectivity index (χ0n) is 9.76. The number of ether oxygens (including phenoxy) is 1. The van der Waals surface area contributed by atoms with E-state index in [2.05, 4.69) is 0 Å². The number of halogens is 1. The average Bonchev–Trinajstić information content (AvgIpc) is 2.85. The van der Waals surface area contributed by atoms with Crippen molar-refractivity contribution in [1.82, 2.24) is 4.57 Å². The summed E-state index contributed by atoms with van der Waals surface area (Å²) >= 11 is 5.95. The van der Waals surface area contributed by atoms with Gasteiger partial charge in [-0.05, 0) is 31.2 Å². The quantitative estimate of drug-likeness (QED) is 0.868.